The number of nitrogens with zero attached hydrogens (tertiary/aromatic N) is 2. The number of benzene rings is 1. The van der Waals surface area contributed by atoms with Crippen molar-refractivity contribution in [1.82, 2.24) is 4.90 Å². The highest BCUT2D eigenvalue weighted by molar-refractivity contribution is 8.08. The van der Waals surface area contributed by atoms with Gasteiger partial charge in [0.25, 0.3) is 5.69 Å². The quantitative estimate of drug-likeness (QED) is 0.337. The molecule has 10 heteroatoms. The Morgan fingerprint density at radius 3 is 2.81 bits per heavy atom. The predicted molar refractivity (Wildman–Crippen MR) is 98.8 cm³/mol. The average molecular weight is 393 g/mol. The minimum absolute atomic E-state index is 0.0419. The molecule has 1 amide bonds. The SMILES string of the molecule is C=CSC1=C(C(=O)OCc2ccc([N+](=O)[O-])cc2)N2C(=O)C(N)[C@H]2SC1. The van der Waals surface area contributed by atoms with Crippen molar-refractivity contribution in [2.75, 3.05) is 5.75 Å². The van der Waals surface area contributed by atoms with E-state index in [0.29, 0.717) is 16.2 Å². The highest BCUT2D eigenvalue weighted by Crippen LogP contribution is 2.43. The number of carbonyl (C=O) groups excluding carboxylic acids is 2. The van der Waals surface area contributed by atoms with E-state index in [-0.39, 0.29) is 29.3 Å². The summed E-state index contributed by atoms with van der Waals surface area (Å²) in [7, 11) is 0. The molecular formula is C16H15N3O5S2. The Kier molecular flexibility index (Phi) is 5.35. The van der Waals surface area contributed by atoms with Crippen molar-refractivity contribution >= 4 is 41.1 Å². The fourth-order valence-corrected chi connectivity index (χ4v) is 4.71. The predicted octanol–water partition coefficient (Wildman–Crippen LogP) is 1.97. The molecule has 2 heterocycles. The molecule has 2 aliphatic rings. The van der Waals surface area contributed by atoms with Crippen molar-refractivity contribution in [2.24, 2.45) is 5.73 Å². The Bertz CT molecular complexity index is 809. The lowest BCUT2D eigenvalue weighted by molar-refractivity contribution is -0.384. The first-order chi connectivity index (χ1) is 12.4. The van der Waals surface area contributed by atoms with E-state index in [1.807, 2.05) is 0 Å². The molecule has 26 heavy (non-hydrogen) atoms. The van der Waals surface area contributed by atoms with Gasteiger partial charge in [-0.3, -0.25) is 19.8 Å². The van der Waals surface area contributed by atoms with E-state index in [0.717, 1.165) is 0 Å². The Hall–Kier alpha value is -2.30. The summed E-state index contributed by atoms with van der Waals surface area (Å²) in [5.74, 6) is -0.397. The summed E-state index contributed by atoms with van der Waals surface area (Å²) in [6.45, 7) is 3.59. The van der Waals surface area contributed by atoms with Gasteiger partial charge in [-0.15, -0.1) is 11.8 Å². The minimum atomic E-state index is -0.627. The van der Waals surface area contributed by atoms with Crippen LogP contribution in [0.3, 0.4) is 0 Å². The summed E-state index contributed by atoms with van der Waals surface area (Å²) in [5.41, 5.74) is 6.56. The van der Waals surface area contributed by atoms with Crippen LogP contribution in [0.2, 0.25) is 0 Å². The molecule has 0 radical (unpaired) electrons. The number of hydrogen-bond donors (Lipinski definition) is 1. The van der Waals surface area contributed by atoms with E-state index in [1.165, 1.54) is 52.7 Å². The molecule has 1 aromatic rings. The van der Waals surface area contributed by atoms with Crippen LogP contribution < -0.4 is 5.73 Å². The first-order valence-corrected chi connectivity index (χ1v) is 9.48. The maximum Gasteiger partial charge on any atom is 0.356 e. The van der Waals surface area contributed by atoms with Crippen LogP contribution in [0.25, 0.3) is 0 Å². The second-order valence-corrected chi connectivity index (χ2v) is 7.66. The van der Waals surface area contributed by atoms with Crippen molar-refractivity contribution in [3.63, 3.8) is 0 Å². The molecule has 0 bridgehead atoms. The van der Waals surface area contributed by atoms with Crippen molar-refractivity contribution in [2.45, 2.75) is 18.0 Å². The third kappa shape index (κ3) is 3.35. The maximum atomic E-state index is 12.6. The number of non-ortho nitro benzene ring substituents is 1. The fraction of sp³-hybridized carbons (Fsp3) is 0.250. The van der Waals surface area contributed by atoms with Gasteiger partial charge in [-0.05, 0) is 23.1 Å². The summed E-state index contributed by atoms with van der Waals surface area (Å²) in [5, 5.41) is 12.0. The van der Waals surface area contributed by atoms with Gasteiger partial charge in [0, 0.05) is 22.8 Å². The van der Waals surface area contributed by atoms with E-state index in [1.54, 1.807) is 5.41 Å². The number of hydrogen-bond acceptors (Lipinski definition) is 8. The fourth-order valence-electron chi connectivity index (χ4n) is 2.60. The number of thioether (sulfide) groups is 2. The van der Waals surface area contributed by atoms with Crippen LogP contribution in [0.4, 0.5) is 5.69 Å². The van der Waals surface area contributed by atoms with Crippen molar-refractivity contribution in [3.8, 4) is 0 Å². The van der Waals surface area contributed by atoms with Gasteiger partial charge in [-0.2, -0.15) is 0 Å². The third-order valence-electron chi connectivity index (χ3n) is 3.91. The largest absolute Gasteiger partial charge is 0.456 e. The number of fused-ring (bicyclic) bond motifs is 1. The zero-order valence-corrected chi connectivity index (χ0v) is 15.1. The number of ether oxygens (including phenoxy) is 1. The number of rotatable bonds is 6. The van der Waals surface area contributed by atoms with Gasteiger partial charge >= 0.3 is 5.97 Å². The van der Waals surface area contributed by atoms with Crippen LogP contribution >= 0.6 is 23.5 Å². The Labute approximate surface area is 157 Å². The first-order valence-electron chi connectivity index (χ1n) is 7.55. The molecule has 136 valence electrons. The molecule has 2 N–H and O–H groups in total. The van der Waals surface area contributed by atoms with Gasteiger partial charge in [0.05, 0.1) is 4.92 Å². The van der Waals surface area contributed by atoms with E-state index in [2.05, 4.69) is 6.58 Å². The Balaban J connectivity index is 1.74. The number of nitrogens with two attached hydrogens (primary N) is 1. The van der Waals surface area contributed by atoms with Crippen LogP contribution in [0.5, 0.6) is 0 Å². The van der Waals surface area contributed by atoms with Gasteiger partial charge in [0.15, 0.2) is 0 Å². The van der Waals surface area contributed by atoms with E-state index >= 15 is 0 Å². The summed E-state index contributed by atoms with van der Waals surface area (Å²) >= 11 is 2.77. The van der Waals surface area contributed by atoms with Gasteiger partial charge in [0.1, 0.15) is 23.7 Å². The summed E-state index contributed by atoms with van der Waals surface area (Å²) in [6, 6.07) is 5.10. The Morgan fingerprint density at radius 2 is 2.19 bits per heavy atom. The van der Waals surface area contributed by atoms with Gasteiger partial charge in [-0.25, -0.2) is 4.79 Å². The molecule has 0 aliphatic carbocycles. The smallest absolute Gasteiger partial charge is 0.356 e. The van der Waals surface area contributed by atoms with Crippen molar-refractivity contribution < 1.29 is 19.2 Å². The van der Waals surface area contributed by atoms with Crippen LogP contribution in [-0.4, -0.2) is 38.9 Å². The van der Waals surface area contributed by atoms with Crippen LogP contribution in [0.15, 0.2) is 46.9 Å². The molecule has 2 aliphatic heterocycles. The van der Waals surface area contributed by atoms with Gasteiger partial charge in [-0.1, -0.05) is 18.3 Å². The lowest BCUT2D eigenvalue weighted by Gasteiger charge is -2.48. The lowest BCUT2D eigenvalue weighted by Crippen LogP contribution is -2.68. The molecule has 0 saturated carbocycles. The standard InChI is InChI=1S/C16H15N3O5S2/c1-2-25-11-8-26-15-12(17)14(20)18(15)13(11)16(21)24-7-9-3-5-10(6-4-9)19(22)23/h2-6,12,15H,1,7-8,17H2/t12?,15-/m1/s1. The van der Waals surface area contributed by atoms with E-state index in [4.69, 9.17) is 10.5 Å². The number of nitro groups is 1. The molecule has 1 fully saturated rings. The second-order valence-electron chi connectivity index (χ2n) is 5.49. The highest BCUT2D eigenvalue weighted by atomic mass is 32.2. The van der Waals surface area contributed by atoms with E-state index < -0.39 is 16.9 Å². The van der Waals surface area contributed by atoms with Crippen LogP contribution in [0.1, 0.15) is 5.56 Å². The van der Waals surface area contributed by atoms with Crippen molar-refractivity contribution in [3.05, 3.63) is 62.5 Å². The van der Waals surface area contributed by atoms with Crippen LogP contribution in [-0.2, 0) is 20.9 Å². The summed E-state index contributed by atoms with van der Waals surface area (Å²) < 4.78 is 5.32. The molecule has 1 aromatic carbocycles. The molecule has 0 spiro atoms. The van der Waals surface area contributed by atoms with Crippen LogP contribution in [0, 0.1) is 10.1 Å². The van der Waals surface area contributed by atoms with Gasteiger partial charge in [0.2, 0.25) is 5.91 Å². The number of amides is 1. The number of β-lactam (4-membered cyclic amide) rings is 1. The topological polar surface area (TPSA) is 116 Å². The molecule has 0 aromatic heterocycles. The number of carbonyl (C=O) groups is 2. The molecule has 2 atom stereocenters. The second kappa shape index (κ2) is 7.52. The average Bonchev–Trinajstić information content (AvgIpc) is 2.65. The maximum absolute atomic E-state index is 12.6. The minimum Gasteiger partial charge on any atom is -0.456 e. The summed E-state index contributed by atoms with van der Waals surface area (Å²) in [6.07, 6.45) is 0. The monoisotopic (exact) mass is 393 g/mol. The molecule has 8 nitrogen and oxygen atoms in total. The molecule has 3 rings (SSSR count). The lowest BCUT2D eigenvalue weighted by atomic mass is 10.1. The molecule has 1 unspecified atom stereocenters. The van der Waals surface area contributed by atoms with Crippen molar-refractivity contribution in [1.29, 1.82) is 0 Å². The molecule has 1 saturated heterocycles. The summed E-state index contributed by atoms with van der Waals surface area (Å²) in [4.78, 5) is 36.9. The number of nitro benzene ring substituents is 1. The highest BCUT2D eigenvalue weighted by Gasteiger charge is 2.52. The molecular weight excluding hydrogens is 378 g/mol. The third-order valence-corrected chi connectivity index (χ3v) is 6.18. The zero-order chi connectivity index (χ0) is 18.8. The Morgan fingerprint density at radius 1 is 1.50 bits per heavy atom. The normalized spacial score (nSPS) is 21.7. The van der Waals surface area contributed by atoms with E-state index in [9.17, 15) is 19.7 Å². The van der Waals surface area contributed by atoms with Gasteiger partial charge < -0.3 is 10.5 Å². The first kappa shape index (κ1) is 18.5. The number of esters is 1. The zero-order valence-electron chi connectivity index (χ0n) is 13.5.